The van der Waals surface area contributed by atoms with Gasteiger partial charge in [0, 0.05) is 14.1 Å². The molecule has 1 aromatic carbocycles. The predicted molar refractivity (Wildman–Crippen MR) is 64.8 cm³/mol. The SMILES string of the molecule is CC[C@H](C)c1cccc(C(=O)N(C)C)c1O. The third-order valence-corrected chi connectivity index (χ3v) is 2.85. The van der Waals surface area contributed by atoms with Gasteiger partial charge >= 0.3 is 0 Å². The number of aromatic hydroxyl groups is 1. The molecular formula is C13H19NO2. The Labute approximate surface area is 96.7 Å². The lowest BCUT2D eigenvalue weighted by Crippen LogP contribution is -2.22. The summed E-state index contributed by atoms with van der Waals surface area (Å²) in [6.45, 7) is 4.10. The minimum atomic E-state index is -0.164. The number of phenols is 1. The molecule has 0 unspecified atom stereocenters. The molecule has 1 aromatic rings. The molecule has 1 rings (SSSR count). The minimum Gasteiger partial charge on any atom is -0.507 e. The summed E-state index contributed by atoms with van der Waals surface area (Å²) >= 11 is 0. The number of benzene rings is 1. The molecule has 16 heavy (non-hydrogen) atoms. The molecule has 0 aliphatic carbocycles. The minimum absolute atomic E-state index is 0.121. The number of nitrogens with zero attached hydrogens (tertiary/aromatic N) is 1. The van der Waals surface area contributed by atoms with E-state index in [1.165, 1.54) is 4.90 Å². The van der Waals surface area contributed by atoms with Gasteiger partial charge in [-0.2, -0.15) is 0 Å². The molecule has 0 bridgehead atoms. The summed E-state index contributed by atoms with van der Waals surface area (Å²) in [5, 5.41) is 10.1. The van der Waals surface area contributed by atoms with Gasteiger partial charge in [-0.1, -0.05) is 26.0 Å². The van der Waals surface area contributed by atoms with Crippen LogP contribution in [-0.2, 0) is 0 Å². The van der Waals surface area contributed by atoms with Crippen molar-refractivity contribution in [3.63, 3.8) is 0 Å². The second kappa shape index (κ2) is 5.01. The lowest BCUT2D eigenvalue weighted by atomic mass is 9.95. The summed E-state index contributed by atoms with van der Waals surface area (Å²) in [5.74, 6) is 0.216. The van der Waals surface area contributed by atoms with E-state index in [-0.39, 0.29) is 17.6 Å². The zero-order chi connectivity index (χ0) is 12.3. The van der Waals surface area contributed by atoms with Crippen molar-refractivity contribution in [2.75, 3.05) is 14.1 Å². The maximum absolute atomic E-state index is 11.8. The fourth-order valence-corrected chi connectivity index (χ4v) is 1.59. The van der Waals surface area contributed by atoms with Crippen molar-refractivity contribution in [3.8, 4) is 5.75 Å². The van der Waals surface area contributed by atoms with Crippen molar-refractivity contribution in [3.05, 3.63) is 29.3 Å². The predicted octanol–water partition coefficient (Wildman–Crippen LogP) is 2.61. The molecule has 88 valence electrons. The molecular weight excluding hydrogens is 202 g/mol. The van der Waals surface area contributed by atoms with Crippen LogP contribution in [-0.4, -0.2) is 30.0 Å². The van der Waals surface area contributed by atoms with E-state index in [1.807, 2.05) is 19.1 Å². The summed E-state index contributed by atoms with van der Waals surface area (Å²) in [6, 6.07) is 5.34. The number of carbonyl (C=O) groups is 1. The smallest absolute Gasteiger partial charge is 0.257 e. The van der Waals surface area contributed by atoms with Gasteiger partial charge < -0.3 is 10.0 Å². The molecule has 0 fully saturated rings. The first-order valence-corrected chi connectivity index (χ1v) is 5.52. The number of amides is 1. The van der Waals surface area contributed by atoms with E-state index >= 15 is 0 Å². The number of phenolic OH excluding ortho intramolecular Hbond substituents is 1. The highest BCUT2D eigenvalue weighted by atomic mass is 16.3. The molecule has 1 atom stereocenters. The number of rotatable bonds is 3. The zero-order valence-corrected chi connectivity index (χ0v) is 10.3. The third-order valence-electron chi connectivity index (χ3n) is 2.85. The highest BCUT2D eigenvalue weighted by Crippen LogP contribution is 2.31. The number of hydrogen-bond donors (Lipinski definition) is 1. The molecule has 3 heteroatoms. The third kappa shape index (κ3) is 2.35. The molecule has 1 amide bonds. The van der Waals surface area contributed by atoms with Crippen LogP contribution in [0.15, 0.2) is 18.2 Å². The van der Waals surface area contributed by atoms with Crippen molar-refractivity contribution < 1.29 is 9.90 Å². The molecule has 0 heterocycles. The molecule has 3 nitrogen and oxygen atoms in total. The van der Waals surface area contributed by atoms with Crippen LogP contribution in [0, 0.1) is 0 Å². The van der Waals surface area contributed by atoms with Crippen LogP contribution < -0.4 is 0 Å². The van der Waals surface area contributed by atoms with Gasteiger partial charge in [-0.05, 0) is 24.0 Å². The van der Waals surface area contributed by atoms with Crippen molar-refractivity contribution in [2.45, 2.75) is 26.2 Å². The number of hydrogen-bond acceptors (Lipinski definition) is 2. The van der Waals surface area contributed by atoms with Crippen LogP contribution in [0.25, 0.3) is 0 Å². The molecule has 0 aromatic heterocycles. The first kappa shape index (κ1) is 12.6. The highest BCUT2D eigenvalue weighted by molar-refractivity contribution is 5.96. The van der Waals surface area contributed by atoms with Gasteiger partial charge in [0.05, 0.1) is 5.56 Å². The van der Waals surface area contributed by atoms with Gasteiger partial charge in [0.15, 0.2) is 0 Å². The lowest BCUT2D eigenvalue weighted by molar-refractivity contribution is 0.0824. The first-order chi connectivity index (χ1) is 7.49. The quantitative estimate of drug-likeness (QED) is 0.852. The summed E-state index contributed by atoms with van der Waals surface area (Å²) < 4.78 is 0. The normalized spacial score (nSPS) is 12.2. The Bertz CT molecular complexity index is 386. The molecule has 0 saturated heterocycles. The Morgan fingerprint density at radius 1 is 1.44 bits per heavy atom. The van der Waals surface area contributed by atoms with Crippen LogP contribution in [0.3, 0.4) is 0 Å². The monoisotopic (exact) mass is 221 g/mol. The molecule has 0 aliphatic heterocycles. The average Bonchev–Trinajstić information content (AvgIpc) is 2.27. The highest BCUT2D eigenvalue weighted by Gasteiger charge is 2.17. The Kier molecular flexibility index (Phi) is 3.93. The van der Waals surface area contributed by atoms with Crippen molar-refractivity contribution in [2.24, 2.45) is 0 Å². The Hall–Kier alpha value is -1.51. The Morgan fingerprint density at radius 2 is 2.06 bits per heavy atom. The molecule has 0 spiro atoms. The largest absolute Gasteiger partial charge is 0.507 e. The van der Waals surface area contributed by atoms with E-state index in [0.29, 0.717) is 5.56 Å². The standard InChI is InChI=1S/C13H19NO2/c1-5-9(2)10-7-6-8-11(12(10)15)13(16)14(3)4/h6-9,15H,5H2,1-4H3/t9-/m0/s1. The van der Waals surface area contributed by atoms with Crippen molar-refractivity contribution in [1.82, 2.24) is 4.90 Å². The maximum Gasteiger partial charge on any atom is 0.257 e. The maximum atomic E-state index is 11.8. The van der Waals surface area contributed by atoms with Crippen LogP contribution in [0.2, 0.25) is 0 Å². The van der Waals surface area contributed by atoms with E-state index in [9.17, 15) is 9.90 Å². The summed E-state index contributed by atoms with van der Waals surface area (Å²) in [6.07, 6.45) is 0.938. The van der Waals surface area contributed by atoms with Crippen molar-refractivity contribution >= 4 is 5.91 Å². The summed E-state index contributed by atoms with van der Waals surface area (Å²) in [5.41, 5.74) is 1.22. The second-order valence-electron chi connectivity index (χ2n) is 4.25. The van der Waals surface area contributed by atoms with Gasteiger partial charge in [0.1, 0.15) is 5.75 Å². The van der Waals surface area contributed by atoms with Gasteiger partial charge in [0.25, 0.3) is 5.91 Å². The van der Waals surface area contributed by atoms with Gasteiger partial charge in [-0.3, -0.25) is 4.79 Å². The van der Waals surface area contributed by atoms with Crippen LogP contribution >= 0.6 is 0 Å². The fourth-order valence-electron chi connectivity index (χ4n) is 1.59. The van der Waals surface area contributed by atoms with Crippen LogP contribution in [0.1, 0.15) is 42.1 Å². The number of carbonyl (C=O) groups excluding carboxylic acids is 1. The van der Waals surface area contributed by atoms with Gasteiger partial charge in [-0.15, -0.1) is 0 Å². The van der Waals surface area contributed by atoms with E-state index in [1.54, 1.807) is 20.2 Å². The molecule has 1 N–H and O–H groups in total. The summed E-state index contributed by atoms with van der Waals surface area (Å²) in [4.78, 5) is 13.3. The number of para-hydroxylation sites is 1. The van der Waals surface area contributed by atoms with E-state index in [2.05, 4.69) is 6.92 Å². The van der Waals surface area contributed by atoms with Gasteiger partial charge in [0.2, 0.25) is 0 Å². The average molecular weight is 221 g/mol. The fraction of sp³-hybridized carbons (Fsp3) is 0.462. The van der Waals surface area contributed by atoms with E-state index in [0.717, 1.165) is 12.0 Å². The zero-order valence-electron chi connectivity index (χ0n) is 10.3. The Balaban J connectivity index is 3.18. The summed E-state index contributed by atoms with van der Waals surface area (Å²) in [7, 11) is 3.36. The van der Waals surface area contributed by atoms with Crippen LogP contribution in [0.5, 0.6) is 5.75 Å². The molecule has 0 radical (unpaired) electrons. The molecule has 0 aliphatic rings. The Morgan fingerprint density at radius 3 is 2.56 bits per heavy atom. The topological polar surface area (TPSA) is 40.5 Å². The van der Waals surface area contributed by atoms with E-state index < -0.39 is 0 Å². The van der Waals surface area contributed by atoms with E-state index in [4.69, 9.17) is 0 Å². The van der Waals surface area contributed by atoms with Crippen LogP contribution in [0.4, 0.5) is 0 Å². The lowest BCUT2D eigenvalue weighted by Gasteiger charge is -2.16. The van der Waals surface area contributed by atoms with Crippen molar-refractivity contribution in [1.29, 1.82) is 0 Å². The molecule has 0 saturated carbocycles. The van der Waals surface area contributed by atoms with Gasteiger partial charge in [-0.25, -0.2) is 0 Å². The first-order valence-electron chi connectivity index (χ1n) is 5.52. The second-order valence-corrected chi connectivity index (χ2v) is 4.25.